The van der Waals surface area contributed by atoms with Gasteiger partial charge in [0.1, 0.15) is 17.2 Å². The summed E-state index contributed by atoms with van der Waals surface area (Å²) in [6.07, 6.45) is 2.97. The molecule has 0 aliphatic rings. The molecule has 152 valence electrons. The highest BCUT2D eigenvalue weighted by molar-refractivity contribution is 8.00. The van der Waals surface area contributed by atoms with Gasteiger partial charge in [0.25, 0.3) is 0 Å². The van der Waals surface area contributed by atoms with E-state index >= 15 is 0 Å². The van der Waals surface area contributed by atoms with E-state index in [0.717, 1.165) is 0 Å². The van der Waals surface area contributed by atoms with Gasteiger partial charge in [0.2, 0.25) is 5.91 Å². The van der Waals surface area contributed by atoms with Crippen molar-refractivity contribution < 1.29 is 14.0 Å². The molecule has 10 heteroatoms. The third-order valence-electron chi connectivity index (χ3n) is 3.78. The maximum atomic E-state index is 13.2. The quantitative estimate of drug-likeness (QED) is 0.501. The lowest BCUT2D eigenvalue weighted by Gasteiger charge is -2.21. The molecule has 0 radical (unpaired) electrons. The molecule has 0 bridgehead atoms. The van der Waals surface area contributed by atoms with Crippen molar-refractivity contribution in [2.45, 2.75) is 43.5 Å². The van der Waals surface area contributed by atoms with Crippen molar-refractivity contribution in [1.29, 1.82) is 0 Å². The molecule has 1 unspecified atom stereocenters. The van der Waals surface area contributed by atoms with Crippen LogP contribution in [0.3, 0.4) is 0 Å². The van der Waals surface area contributed by atoms with Gasteiger partial charge in [0.15, 0.2) is 5.65 Å². The van der Waals surface area contributed by atoms with Gasteiger partial charge in [-0.3, -0.25) is 10.1 Å². The molecule has 2 aromatic heterocycles. The number of hydrogen-bond acceptors (Lipinski definition) is 6. The van der Waals surface area contributed by atoms with Crippen molar-refractivity contribution in [3.8, 4) is 5.69 Å². The Labute approximate surface area is 171 Å². The zero-order valence-corrected chi connectivity index (χ0v) is 17.2. The smallest absolute Gasteiger partial charge is 0.321 e. The van der Waals surface area contributed by atoms with Gasteiger partial charge in [0.05, 0.1) is 22.5 Å². The summed E-state index contributed by atoms with van der Waals surface area (Å²) >= 11 is 1.20. The van der Waals surface area contributed by atoms with E-state index in [4.69, 9.17) is 0 Å². The summed E-state index contributed by atoms with van der Waals surface area (Å²) in [7, 11) is 0. The van der Waals surface area contributed by atoms with Crippen LogP contribution in [-0.4, -0.2) is 42.5 Å². The Balaban J connectivity index is 1.77. The molecular formula is C19H21FN6O2S. The molecule has 8 nitrogen and oxygen atoms in total. The molecular weight excluding hydrogens is 395 g/mol. The lowest BCUT2D eigenvalue weighted by molar-refractivity contribution is -0.119. The second kappa shape index (κ2) is 8.16. The van der Waals surface area contributed by atoms with Gasteiger partial charge in [-0.05, 0) is 52.0 Å². The normalized spacial score (nSPS) is 12.6. The first-order valence-corrected chi connectivity index (χ1v) is 9.76. The van der Waals surface area contributed by atoms with Gasteiger partial charge >= 0.3 is 6.03 Å². The number of nitrogens with zero attached hydrogens (tertiary/aromatic N) is 4. The third-order valence-corrected chi connectivity index (χ3v) is 4.90. The van der Waals surface area contributed by atoms with Crippen LogP contribution in [0, 0.1) is 5.82 Å². The van der Waals surface area contributed by atoms with Crippen molar-refractivity contribution in [3.05, 3.63) is 42.6 Å². The Hall–Kier alpha value is -3.01. The number of imide groups is 1. The zero-order valence-electron chi connectivity index (χ0n) is 16.4. The van der Waals surface area contributed by atoms with E-state index < -0.39 is 22.7 Å². The Bertz CT molecular complexity index is 1050. The van der Waals surface area contributed by atoms with E-state index in [-0.39, 0.29) is 5.82 Å². The largest absolute Gasteiger partial charge is 0.333 e. The average molecular weight is 416 g/mol. The molecule has 1 aromatic carbocycles. The van der Waals surface area contributed by atoms with Gasteiger partial charge in [-0.15, -0.1) is 0 Å². The number of aromatic nitrogens is 4. The number of fused-ring (bicyclic) bond motifs is 1. The Morgan fingerprint density at radius 2 is 1.86 bits per heavy atom. The SMILES string of the molecule is CC(Sc1ncnc2c1cnn2-c1ccc(F)cc1)C(=O)NC(=O)NC(C)(C)C. The van der Waals surface area contributed by atoms with E-state index in [2.05, 4.69) is 25.7 Å². The van der Waals surface area contributed by atoms with Gasteiger partial charge in [0, 0.05) is 5.54 Å². The third kappa shape index (κ3) is 5.08. The minimum absolute atomic E-state index is 0.341. The first-order valence-electron chi connectivity index (χ1n) is 8.88. The maximum Gasteiger partial charge on any atom is 0.321 e. The maximum absolute atomic E-state index is 13.2. The molecule has 2 heterocycles. The zero-order chi connectivity index (χ0) is 21.2. The van der Waals surface area contributed by atoms with Gasteiger partial charge in [-0.1, -0.05) is 11.8 Å². The van der Waals surface area contributed by atoms with Crippen molar-refractivity contribution in [2.75, 3.05) is 0 Å². The Kier molecular flexibility index (Phi) is 5.83. The molecule has 2 N–H and O–H groups in total. The number of nitrogens with one attached hydrogen (secondary N) is 2. The van der Waals surface area contributed by atoms with Crippen LogP contribution >= 0.6 is 11.8 Å². The number of amides is 3. The van der Waals surface area contributed by atoms with Crippen LogP contribution in [0.1, 0.15) is 27.7 Å². The average Bonchev–Trinajstić information content (AvgIpc) is 3.05. The number of urea groups is 1. The summed E-state index contributed by atoms with van der Waals surface area (Å²) < 4.78 is 14.8. The predicted octanol–water partition coefficient (Wildman–Crippen LogP) is 3.06. The van der Waals surface area contributed by atoms with E-state index in [1.54, 1.807) is 29.9 Å². The standard InChI is InChI=1S/C19H21FN6O2S/c1-11(16(27)24-18(28)25-19(2,3)4)29-17-14-9-23-26(15(14)21-10-22-17)13-7-5-12(20)6-8-13/h5-11H,1-4H3,(H2,24,25,27,28). The van der Waals surface area contributed by atoms with Crippen molar-refractivity contribution in [1.82, 2.24) is 30.4 Å². The summed E-state index contributed by atoms with van der Waals surface area (Å²) in [6.45, 7) is 7.16. The number of halogens is 1. The fourth-order valence-corrected chi connectivity index (χ4v) is 3.37. The van der Waals surface area contributed by atoms with Crippen LogP contribution in [0.25, 0.3) is 16.7 Å². The van der Waals surface area contributed by atoms with Crippen LogP contribution in [-0.2, 0) is 4.79 Å². The first-order chi connectivity index (χ1) is 13.6. The fourth-order valence-electron chi connectivity index (χ4n) is 2.49. The van der Waals surface area contributed by atoms with Crippen molar-refractivity contribution in [2.24, 2.45) is 0 Å². The van der Waals surface area contributed by atoms with Gasteiger partial charge < -0.3 is 5.32 Å². The van der Waals surface area contributed by atoms with E-state index in [1.807, 2.05) is 20.8 Å². The molecule has 3 rings (SSSR count). The van der Waals surface area contributed by atoms with E-state index in [9.17, 15) is 14.0 Å². The number of benzene rings is 1. The first kappa shape index (κ1) is 20.7. The molecule has 0 aliphatic heterocycles. The number of thioether (sulfide) groups is 1. The molecule has 29 heavy (non-hydrogen) atoms. The summed E-state index contributed by atoms with van der Waals surface area (Å²) in [4.78, 5) is 32.8. The minimum atomic E-state index is -0.576. The molecule has 0 fully saturated rings. The van der Waals surface area contributed by atoms with Crippen LogP contribution in [0.4, 0.5) is 9.18 Å². The topological polar surface area (TPSA) is 102 Å². The summed E-state index contributed by atoms with van der Waals surface area (Å²) in [5, 5.41) is 9.95. The minimum Gasteiger partial charge on any atom is -0.333 e. The Morgan fingerprint density at radius 1 is 1.17 bits per heavy atom. The molecule has 3 aromatic rings. The van der Waals surface area contributed by atoms with Gasteiger partial charge in [-0.25, -0.2) is 23.8 Å². The van der Waals surface area contributed by atoms with Crippen LogP contribution in [0.2, 0.25) is 0 Å². The summed E-state index contributed by atoms with van der Waals surface area (Å²) in [5.41, 5.74) is 0.738. The molecule has 1 atom stereocenters. The summed E-state index contributed by atoms with van der Waals surface area (Å²) in [6, 6.07) is 5.33. The van der Waals surface area contributed by atoms with Crippen LogP contribution < -0.4 is 10.6 Å². The molecule has 0 saturated carbocycles. The highest BCUT2D eigenvalue weighted by Crippen LogP contribution is 2.28. The monoisotopic (exact) mass is 416 g/mol. The van der Waals surface area contributed by atoms with Gasteiger partial charge in [-0.2, -0.15) is 5.10 Å². The van der Waals surface area contributed by atoms with Crippen molar-refractivity contribution >= 4 is 34.7 Å². The molecule has 0 spiro atoms. The number of hydrogen-bond donors (Lipinski definition) is 2. The van der Waals surface area contributed by atoms with E-state index in [1.165, 1.54) is 30.2 Å². The summed E-state index contributed by atoms with van der Waals surface area (Å²) in [5.74, 6) is -0.777. The highest BCUT2D eigenvalue weighted by atomic mass is 32.2. The van der Waals surface area contributed by atoms with E-state index in [0.29, 0.717) is 21.7 Å². The lowest BCUT2D eigenvalue weighted by Crippen LogP contribution is -2.49. The van der Waals surface area contributed by atoms with Crippen LogP contribution in [0.15, 0.2) is 41.8 Å². The Morgan fingerprint density at radius 3 is 2.52 bits per heavy atom. The fraction of sp³-hybridized carbons (Fsp3) is 0.316. The number of rotatable bonds is 4. The van der Waals surface area contributed by atoms with Crippen LogP contribution in [0.5, 0.6) is 0 Å². The molecule has 0 saturated heterocycles. The second-order valence-electron chi connectivity index (χ2n) is 7.40. The lowest BCUT2D eigenvalue weighted by atomic mass is 10.1. The molecule has 0 aliphatic carbocycles. The number of carbonyl (C=O) groups is 2. The number of carbonyl (C=O) groups excluding carboxylic acids is 2. The predicted molar refractivity (Wildman–Crippen MR) is 108 cm³/mol. The molecule has 3 amide bonds. The second-order valence-corrected chi connectivity index (χ2v) is 8.73. The highest BCUT2D eigenvalue weighted by Gasteiger charge is 2.22. The van der Waals surface area contributed by atoms with Crippen molar-refractivity contribution in [3.63, 3.8) is 0 Å².